The molecule has 1 atom stereocenters. The summed E-state index contributed by atoms with van der Waals surface area (Å²) in [7, 11) is 3.52. The molecule has 0 aliphatic rings. The van der Waals surface area contributed by atoms with Crippen molar-refractivity contribution < 1.29 is 9.47 Å². The molecule has 4 heteroatoms. The fourth-order valence-corrected chi connectivity index (χ4v) is 1.99. The first-order valence-corrected chi connectivity index (χ1v) is 7.18. The molecule has 0 aromatic carbocycles. The highest BCUT2D eigenvalue weighted by Crippen LogP contribution is 1.96. The summed E-state index contributed by atoms with van der Waals surface area (Å²) in [5.74, 6) is 0. The van der Waals surface area contributed by atoms with Crippen molar-refractivity contribution in [3.05, 3.63) is 0 Å². The minimum Gasteiger partial charge on any atom is -0.385 e. The van der Waals surface area contributed by atoms with E-state index in [1.807, 2.05) is 0 Å². The molecule has 0 amide bonds. The predicted molar refractivity (Wildman–Crippen MR) is 77.2 cm³/mol. The molecule has 0 saturated heterocycles. The zero-order chi connectivity index (χ0) is 13.6. The maximum Gasteiger partial charge on any atom is 0.0589 e. The Hall–Kier alpha value is -0.160. The highest BCUT2D eigenvalue weighted by molar-refractivity contribution is 4.64. The van der Waals surface area contributed by atoms with Crippen LogP contribution >= 0.6 is 0 Å². The maximum absolute atomic E-state index is 5.15. The predicted octanol–water partition coefficient (Wildman–Crippen LogP) is 1.75. The Labute approximate surface area is 113 Å². The van der Waals surface area contributed by atoms with Crippen molar-refractivity contribution in [3.8, 4) is 0 Å². The summed E-state index contributed by atoms with van der Waals surface area (Å²) in [5, 5.41) is 3.57. The standard InChI is InChI=1S/C14H32N2O2/c1-5-7-14(2)15-8-10-16(11-13-18-4)9-6-12-17-3/h14-15H,5-13H2,1-4H3. The van der Waals surface area contributed by atoms with E-state index in [1.165, 1.54) is 12.8 Å². The van der Waals surface area contributed by atoms with Gasteiger partial charge < -0.3 is 14.8 Å². The Morgan fingerprint density at radius 1 is 1.06 bits per heavy atom. The maximum atomic E-state index is 5.15. The molecule has 0 heterocycles. The minimum atomic E-state index is 0.623. The highest BCUT2D eigenvalue weighted by atomic mass is 16.5. The topological polar surface area (TPSA) is 33.7 Å². The van der Waals surface area contributed by atoms with E-state index in [-0.39, 0.29) is 0 Å². The Morgan fingerprint density at radius 2 is 1.78 bits per heavy atom. The molecule has 0 aromatic rings. The molecule has 1 unspecified atom stereocenters. The molecule has 0 aliphatic carbocycles. The second-order valence-electron chi connectivity index (χ2n) is 4.82. The van der Waals surface area contributed by atoms with Crippen molar-refractivity contribution in [2.45, 2.75) is 39.2 Å². The zero-order valence-electron chi connectivity index (χ0n) is 12.7. The van der Waals surface area contributed by atoms with E-state index in [0.29, 0.717) is 6.04 Å². The molecule has 4 nitrogen and oxygen atoms in total. The molecular weight excluding hydrogens is 228 g/mol. The Bertz CT molecular complexity index is 168. The van der Waals surface area contributed by atoms with Crippen LogP contribution in [0.25, 0.3) is 0 Å². The van der Waals surface area contributed by atoms with Crippen LogP contribution in [0.3, 0.4) is 0 Å². The van der Waals surface area contributed by atoms with Crippen molar-refractivity contribution in [1.29, 1.82) is 0 Å². The van der Waals surface area contributed by atoms with Crippen LogP contribution in [0.5, 0.6) is 0 Å². The second kappa shape index (κ2) is 13.3. The lowest BCUT2D eigenvalue weighted by atomic mass is 10.2. The molecule has 0 bridgehead atoms. The summed E-state index contributed by atoms with van der Waals surface area (Å²) in [6, 6.07) is 0.623. The molecule has 0 radical (unpaired) electrons. The van der Waals surface area contributed by atoms with Crippen LogP contribution in [0.2, 0.25) is 0 Å². The van der Waals surface area contributed by atoms with Crippen LogP contribution in [-0.2, 0) is 9.47 Å². The van der Waals surface area contributed by atoms with Crippen molar-refractivity contribution in [1.82, 2.24) is 10.2 Å². The third-order valence-electron chi connectivity index (χ3n) is 3.08. The average Bonchev–Trinajstić information content (AvgIpc) is 2.36. The highest BCUT2D eigenvalue weighted by Gasteiger charge is 2.05. The lowest BCUT2D eigenvalue weighted by Gasteiger charge is -2.23. The van der Waals surface area contributed by atoms with Crippen LogP contribution in [-0.4, -0.2) is 64.6 Å². The minimum absolute atomic E-state index is 0.623. The molecule has 110 valence electrons. The van der Waals surface area contributed by atoms with Crippen LogP contribution in [0, 0.1) is 0 Å². The SMILES string of the molecule is CCCC(C)NCCN(CCCOC)CCOC. The van der Waals surface area contributed by atoms with Gasteiger partial charge in [0.1, 0.15) is 0 Å². The molecule has 0 fully saturated rings. The van der Waals surface area contributed by atoms with Gasteiger partial charge in [0.25, 0.3) is 0 Å². The number of rotatable bonds is 13. The van der Waals surface area contributed by atoms with Gasteiger partial charge in [0.05, 0.1) is 6.61 Å². The fourth-order valence-electron chi connectivity index (χ4n) is 1.99. The third-order valence-corrected chi connectivity index (χ3v) is 3.08. The molecular formula is C14H32N2O2. The van der Waals surface area contributed by atoms with E-state index in [4.69, 9.17) is 9.47 Å². The van der Waals surface area contributed by atoms with E-state index >= 15 is 0 Å². The first kappa shape index (κ1) is 17.8. The number of hydrogen-bond acceptors (Lipinski definition) is 4. The van der Waals surface area contributed by atoms with Crippen molar-refractivity contribution in [2.75, 3.05) is 53.6 Å². The molecule has 18 heavy (non-hydrogen) atoms. The number of nitrogens with one attached hydrogen (secondary N) is 1. The molecule has 1 N–H and O–H groups in total. The molecule has 0 aromatic heterocycles. The summed E-state index contributed by atoms with van der Waals surface area (Å²) in [6.45, 7) is 10.4. The largest absolute Gasteiger partial charge is 0.385 e. The van der Waals surface area contributed by atoms with Gasteiger partial charge in [-0.1, -0.05) is 13.3 Å². The number of ether oxygens (including phenoxy) is 2. The summed E-state index contributed by atoms with van der Waals surface area (Å²) in [5.41, 5.74) is 0. The summed E-state index contributed by atoms with van der Waals surface area (Å²) < 4.78 is 10.2. The molecule has 0 rings (SSSR count). The zero-order valence-corrected chi connectivity index (χ0v) is 12.7. The second-order valence-corrected chi connectivity index (χ2v) is 4.82. The summed E-state index contributed by atoms with van der Waals surface area (Å²) >= 11 is 0. The van der Waals surface area contributed by atoms with E-state index in [9.17, 15) is 0 Å². The van der Waals surface area contributed by atoms with E-state index in [2.05, 4.69) is 24.1 Å². The first-order chi connectivity index (χ1) is 8.74. The Kier molecular flexibility index (Phi) is 13.2. The Morgan fingerprint density at radius 3 is 2.39 bits per heavy atom. The lowest BCUT2D eigenvalue weighted by Crippen LogP contribution is -2.38. The quantitative estimate of drug-likeness (QED) is 0.512. The lowest BCUT2D eigenvalue weighted by molar-refractivity contribution is 0.132. The van der Waals surface area contributed by atoms with Gasteiger partial charge in [-0.15, -0.1) is 0 Å². The Balaban J connectivity index is 3.70. The number of hydrogen-bond donors (Lipinski definition) is 1. The smallest absolute Gasteiger partial charge is 0.0589 e. The monoisotopic (exact) mass is 260 g/mol. The summed E-state index contributed by atoms with van der Waals surface area (Å²) in [4.78, 5) is 2.44. The van der Waals surface area contributed by atoms with Crippen molar-refractivity contribution in [2.24, 2.45) is 0 Å². The van der Waals surface area contributed by atoms with E-state index in [0.717, 1.165) is 45.8 Å². The first-order valence-electron chi connectivity index (χ1n) is 7.18. The number of methoxy groups -OCH3 is 2. The van der Waals surface area contributed by atoms with E-state index in [1.54, 1.807) is 14.2 Å². The summed E-state index contributed by atoms with van der Waals surface area (Å²) in [6.07, 6.45) is 3.59. The fraction of sp³-hybridized carbons (Fsp3) is 1.00. The van der Waals surface area contributed by atoms with Crippen LogP contribution in [0.15, 0.2) is 0 Å². The van der Waals surface area contributed by atoms with Gasteiger partial charge in [0.15, 0.2) is 0 Å². The van der Waals surface area contributed by atoms with Gasteiger partial charge >= 0.3 is 0 Å². The van der Waals surface area contributed by atoms with Crippen LogP contribution < -0.4 is 5.32 Å². The van der Waals surface area contributed by atoms with Crippen molar-refractivity contribution >= 4 is 0 Å². The molecule has 0 saturated carbocycles. The number of nitrogens with zero attached hydrogens (tertiary/aromatic N) is 1. The van der Waals surface area contributed by atoms with Gasteiger partial charge in [0, 0.05) is 53.0 Å². The average molecular weight is 260 g/mol. The van der Waals surface area contributed by atoms with Gasteiger partial charge in [-0.3, -0.25) is 4.90 Å². The molecule has 0 spiro atoms. The van der Waals surface area contributed by atoms with Crippen LogP contribution in [0.4, 0.5) is 0 Å². The van der Waals surface area contributed by atoms with Gasteiger partial charge in [-0.25, -0.2) is 0 Å². The molecule has 0 aliphatic heterocycles. The van der Waals surface area contributed by atoms with Gasteiger partial charge in [-0.2, -0.15) is 0 Å². The third kappa shape index (κ3) is 11.0. The van der Waals surface area contributed by atoms with Crippen LogP contribution in [0.1, 0.15) is 33.1 Å². The van der Waals surface area contributed by atoms with Gasteiger partial charge in [-0.05, 0) is 19.8 Å². The van der Waals surface area contributed by atoms with Gasteiger partial charge in [0.2, 0.25) is 0 Å². The van der Waals surface area contributed by atoms with Crippen molar-refractivity contribution in [3.63, 3.8) is 0 Å². The van der Waals surface area contributed by atoms with E-state index < -0.39 is 0 Å². The normalized spacial score (nSPS) is 13.2.